The zero-order chi connectivity index (χ0) is 12.1. The SMILES string of the molecule is O=C(C[C@H]1C=CCC1)NCc1cccc(F)c1. The van der Waals surface area contributed by atoms with Crippen molar-refractivity contribution in [3.05, 3.63) is 47.8 Å². The maximum absolute atomic E-state index is 12.9. The Labute approximate surface area is 101 Å². The minimum Gasteiger partial charge on any atom is -0.352 e. The Balaban J connectivity index is 1.77. The van der Waals surface area contributed by atoms with Crippen molar-refractivity contribution in [2.45, 2.75) is 25.8 Å². The lowest BCUT2D eigenvalue weighted by atomic mass is 10.1. The van der Waals surface area contributed by atoms with Crippen LogP contribution in [0.2, 0.25) is 0 Å². The number of carbonyl (C=O) groups is 1. The summed E-state index contributed by atoms with van der Waals surface area (Å²) < 4.78 is 12.9. The Morgan fingerprint density at radius 3 is 3.06 bits per heavy atom. The number of benzene rings is 1. The first-order valence-electron chi connectivity index (χ1n) is 5.92. The molecule has 3 heteroatoms. The van der Waals surface area contributed by atoms with E-state index in [0.29, 0.717) is 18.9 Å². The van der Waals surface area contributed by atoms with Crippen LogP contribution >= 0.6 is 0 Å². The zero-order valence-electron chi connectivity index (χ0n) is 9.66. The average molecular weight is 233 g/mol. The van der Waals surface area contributed by atoms with Crippen molar-refractivity contribution in [1.82, 2.24) is 5.32 Å². The number of allylic oxidation sites excluding steroid dienone is 2. The van der Waals surface area contributed by atoms with Crippen LogP contribution in [0.1, 0.15) is 24.8 Å². The Bertz CT molecular complexity index is 428. The minimum absolute atomic E-state index is 0.0332. The van der Waals surface area contributed by atoms with Gasteiger partial charge in [-0.3, -0.25) is 4.79 Å². The summed E-state index contributed by atoms with van der Waals surface area (Å²) in [7, 11) is 0. The molecule has 1 aromatic carbocycles. The molecule has 0 radical (unpaired) electrons. The molecule has 0 aromatic heterocycles. The number of hydrogen-bond donors (Lipinski definition) is 1. The normalized spacial score (nSPS) is 18.3. The minimum atomic E-state index is -0.268. The smallest absolute Gasteiger partial charge is 0.220 e. The van der Waals surface area contributed by atoms with Crippen LogP contribution in [-0.4, -0.2) is 5.91 Å². The summed E-state index contributed by atoms with van der Waals surface area (Å²) in [6.45, 7) is 0.396. The van der Waals surface area contributed by atoms with E-state index in [1.165, 1.54) is 12.1 Å². The Hall–Kier alpha value is -1.64. The van der Waals surface area contributed by atoms with Crippen molar-refractivity contribution < 1.29 is 9.18 Å². The lowest BCUT2D eigenvalue weighted by molar-refractivity contribution is -0.121. The summed E-state index contributed by atoms with van der Waals surface area (Å²) in [5, 5.41) is 2.81. The van der Waals surface area contributed by atoms with Crippen LogP contribution in [0.25, 0.3) is 0 Å². The van der Waals surface area contributed by atoms with Gasteiger partial charge in [-0.1, -0.05) is 24.3 Å². The molecule has 1 atom stereocenters. The van der Waals surface area contributed by atoms with Gasteiger partial charge in [0.1, 0.15) is 5.82 Å². The van der Waals surface area contributed by atoms with Crippen LogP contribution in [0, 0.1) is 11.7 Å². The molecule has 0 spiro atoms. The first-order valence-corrected chi connectivity index (χ1v) is 5.92. The predicted molar refractivity (Wildman–Crippen MR) is 64.7 cm³/mol. The Morgan fingerprint density at radius 1 is 1.47 bits per heavy atom. The summed E-state index contributed by atoms with van der Waals surface area (Å²) in [5.41, 5.74) is 0.792. The molecule has 0 heterocycles. The van der Waals surface area contributed by atoms with Crippen molar-refractivity contribution in [2.24, 2.45) is 5.92 Å². The second-order valence-corrected chi connectivity index (χ2v) is 4.38. The number of nitrogens with one attached hydrogen (secondary N) is 1. The lowest BCUT2D eigenvalue weighted by Crippen LogP contribution is -2.24. The molecule has 0 unspecified atom stereocenters. The van der Waals surface area contributed by atoms with Crippen LogP contribution in [0.4, 0.5) is 4.39 Å². The van der Waals surface area contributed by atoms with Gasteiger partial charge in [0.15, 0.2) is 0 Å². The molecule has 0 aliphatic heterocycles. The van der Waals surface area contributed by atoms with Gasteiger partial charge < -0.3 is 5.32 Å². The lowest BCUT2D eigenvalue weighted by Gasteiger charge is -2.08. The summed E-state index contributed by atoms with van der Waals surface area (Å²) in [5.74, 6) is 0.142. The highest BCUT2D eigenvalue weighted by Gasteiger charge is 2.13. The maximum atomic E-state index is 12.9. The van der Waals surface area contributed by atoms with Crippen LogP contribution in [0.5, 0.6) is 0 Å². The highest BCUT2D eigenvalue weighted by molar-refractivity contribution is 5.76. The zero-order valence-corrected chi connectivity index (χ0v) is 9.66. The first kappa shape index (κ1) is 11.8. The van der Waals surface area contributed by atoms with E-state index in [1.54, 1.807) is 12.1 Å². The number of hydrogen-bond acceptors (Lipinski definition) is 1. The van der Waals surface area contributed by atoms with Gasteiger partial charge in [-0.15, -0.1) is 0 Å². The fourth-order valence-electron chi connectivity index (χ4n) is 2.02. The Kier molecular flexibility index (Phi) is 3.91. The molecule has 1 aliphatic carbocycles. The molecule has 1 N–H and O–H groups in total. The highest BCUT2D eigenvalue weighted by Crippen LogP contribution is 2.20. The van der Waals surface area contributed by atoms with E-state index in [0.717, 1.165) is 18.4 Å². The highest BCUT2D eigenvalue weighted by atomic mass is 19.1. The summed E-state index contributed by atoms with van der Waals surface area (Å²) in [4.78, 5) is 11.6. The van der Waals surface area contributed by atoms with Gasteiger partial charge >= 0.3 is 0 Å². The van der Waals surface area contributed by atoms with Crippen LogP contribution in [-0.2, 0) is 11.3 Å². The van der Waals surface area contributed by atoms with Crippen molar-refractivity contribution in [1.29, 1.82) is 0 Å². The van der Waals surface area contributed by atoms with Crippen molar-refractivity contribution in [3.63, 3.8) is 0 Å². The fourth-order valence-corrected chi connectivity index (χ4v) is 2.02. The number of halogens is 1. The number of carbonyl (C=O) groups excluding carboxylic acids is 1. The molecule has 17 heavy (non-hydrogen) atoms. The van der Waals surface area contributed by atoms with Crippen LogP contribution < -0.4 is 5.32 Å². The van der Waals surface area contributed by atoms with Crippen molar-refractivity contribution >= 4 is 5.91 Å². The van der Waals surface area contributed by atoms with E-state index in [4.69, 9.17) is 0 Å². The molecule has 2 nitrogen and oxygen atoms in total. The molecule has 0 saturated heterocycles. The van der Waals surface area contributed by atoms with Gasteiger partial charge in [-0.25, -0.2) is 4.39 Å². The average Bonchev–Trinajstić information content (AvgIpc) is 2.79. The molecule has 0 bridgehead atoms. The monoisotopic (exact) mass is 233 g/mol. The quantitative estimate of drug-likeness (QED) is 0.796. The first-order chi connectivity index (χ1) is 8.24. The van der Waals surface area contributed by atoms with Gasteiger partial charge in [0.05, 0.1) is 0 Å². The summed E-state index contributed by atoms with van der Waals surface area (Å²) in [6, 6.07) is 6.29. The van der Waals surface area contributed by atoms with Crippen molar-refractivity contribution in [3.8, 4) is 0 Å². The third kappa shape index (κ3) is 3.70. The van der Waals surface area contributed by atoms with E-state index in [-0.39, 0.29) is 11.7 Å². The number of rotatable bonds is 4. The van der Waals surface area contributed by atoms with Crippen molar-refractivity contribution in [2.75, 3.05) is 0 Å². The van der Waals surface area contributed by atoms with Gasteiger partial charge in [-0.05, 0) is 36.5 Å². The summed E-state index contributed by atoms with van der Waals surface area (Å²) >= 11 is 0. The largest absolute Gasteiger partial charge is 0.352 e. The summed E-state index contributed by atoms with van der Waals surface area (Å²) in [6.07, 6.45) is 6.88. The van der Waals surface area contributed by atoms with E-state index in [2.05, 4.69) is 17.5 Å². The second kappa shape index (κ2) is 5.62. The third-order valence-corrected chi connectivity index (χ3v) is 2.94. The topological polar surface area (TPSA) is 29.1 Å². The predicted octanol–water partition coefficient (Wildman–Crippen LogP) is 2.80. The third-order valence-electron chi connectivity index (χ3n) is 2.94. The molecule has 0 saturated carbocycles. The molecular formula is C14H16FNO. The van der Waals surface area contributed by atoms with E-state index in [1.807, 2.05) is 0 Å². The van der Waals surface area contributed by atoms with Gasteiger partial charge in [0, 0.05) is 13.0 Å². The second-order valence-electron chi connectivity index (χ2n) is 4.38. The maximum Gasteiger partial charge on any atom is 0.220 e. The van der Waals surface area contributed by atoms with Gasteiger partial charge in [0.2, 0.25) is 5.91 Å². The molecule has 1 amide bonds. The van der Waals surface area contributed by atoms with Crippen LogP contribution in [0.15, 0.2) is 36.4 Å². The molecule has 1 aromatic rings. The van der Waals surface area contributed by atoms with Crippen LogP contribution in [0.3, 0.4) is 0 Å². The van der Waals surface area contributed by atoms with E-state index < -0.39 is 0 Å². The van der Waals surface area contributed by atoms with Gasteiger partial charge in [0.25, 0.3) is 0 Å². The molecule has 90 valence electrons. The Morgan fingerprint density at radius 2 is 2.35 bits per heavy atom. The van der Waals surface area contributed by atoms with Gasteiger partial charge in [-0.2, -0.15) is 0 Å². The van der Waals surface area contributed by atoms with E-state index >= 15 is 0 Å². The van der Waals surface area contributed by atoms with E-state index in [9.17, 15) is 9.18 Å². The number of amides is 1. The standard InChI is InChI=1S/C14H16FNO/c15-13-7-3-6-12(8-13)10-16-14(17)9-11-4-1-2-5-11/h1,3-4,6-8,11H,2,5,9-10H2,(H,16,17)/t11-/m0/s1. The molecule has 2 rings (SSSR count). The molecule has 0 fully saturated rings. The fraction of sp³-hybridized carbons (Fsp3) is 0.357. The molecule has 1 aliphatic rings. The molecular weight excluding hydrogens is 217 g/mol.